The van der Waals surface area contributed by atoms with Gasteiger partial charge < -0.3 is 0 Å². The number of pyridine rings is 2. The largest absolute Gasteiger partial charge is 0.296 e. The highest BCUT2D eigenvalue weighted by Crippen LogP contribution is 2.26. The fourth-order valence-electron chi connectivity index (χ4n) is 1.90. The van der Waals surface area contributed by atoms with Gasteiger partial charge in [0.2, 0.25) is 0 Å². The molecule has 0 aliphatic carbocycles. The Morgan fingerprint density at radius 2 is 1.58 bits per heavy atom. The Bertz CT molecular complexity index is 662. The fourth-order valence-corrected chi connectivity index (χ4v) is 1.90. The van der Waals surface area contributed by atoms with Crippen LogP contribution in [-0.4, -0.2) is 22.1 Å². The smallest absolute Gasteiger partial charge is 0.265 e. The van der Waals surface area contributed by atoms with Crippen LogP contribution in [0.3, 0.4) is 0 Å². The van der Waals surface area contributed by atoms with Gasteiger partial charge in [-0.2, -0.15) is 5.10 Å². The van der Waals surface area contributed by atoms with Crippen molar-refractivity contribution in [2.24, 2.45) is 5.10 Å². The Labute approximate surface area is 109 Å². The Balaban J connectivity index is 2.21. The zero-order chi connectivity index (χ0) is 13.1. The maximum Gasteiger partial charge on any atom is 0.296 e. The van der Waals surface area contributed by atoms with E-state index in [0.29, 0.717) is 11.1 Å². The molecule has 1 amide bonds. The van der Waals surface area contributed by atoms with Crippen LogP contribution in [-0.2, 0) is 4.79 Å². The van der Waals surface area contributed by atoms with Gasteiger partial charge in [-0.15, -0.1) is 5.43 Å². The van der Waals surface area contributed by atoms with E-state index >= 15 is 0 Å². The zero-order valence-electron chi connectivity index (χ0n) is 9.89. The summed E-state index contributed by atoms with van der Waals surface area (Å²) in [4.78, 5) is 20.1. The maximum absolute atomic E-state index is 12.0. The van der Waals surface area contributed by atoms with E-state index in [2.05, 4.69) is 20.5 Å². The molecule has 1 aliphatic rings. The van der Waals surface area contributed by atoms with Gasteiger partial charge in [-0.25, -0.2) is 0 Å². The number of allylic oxidation sites excluding steroid dienone is 1. The molecule has 0 aromatic carbocycles. The predicted octanol–water partition coefficient (Wildman–Crippen LogP) is 1.52. The summed E-state index contributed by atoms with van der Waals surface area (Å²) in [7, 11) is 0. The van der Waals surface area contributed by atoms with Crippen molar-refractivity contribution in [3.63, 3.8) is 0 Å². The molecule has 3 rings (SSSR count). The van der Waals surface area contributed by atoms with E-state index in [0.717, 1.165) is 11.1 Å². The number of hydrogen-bond donors (Lipinski definition) is 0. The molecule has 0 saturated heterocycles. The summed E-state index contributed by atoms with van der Waals surface area (Å²) in [5.74, 6) is -0.366. The summed E-state index contributed by atoms with van der Waals surface area (Å²) >= 11 is 0. The summed E-state index contributed by atoms with van der Waals surface area (Å²) in [6, 6.07) is 7.30. The summed E-state index contributed by atoms with van der Waals surface area (Å²) in [5.41, 5.74) is 6.34. The van der Waals surface area contributed by atoms with Crippen LogP contribution in [0.15, 0.2) is 54.2 Å². The number of amides is 1. The number of rotatable bonds is 2. The number of carbonyl (C=O) groups excluding carboxylic acids is 1. The van der Waals surface area contributed by atoms with Crippen LogP contribution in [0.4, 0.5) is 0 Å². The van der Waals surface area contributed by atoms with Gasteiger partial charge >= 0.3 is 0 Å². The molecule has 2 aromatic rings. The lowest BCUT2D eigenvalue weighted by molar-refractivity contribution is -0.115. The van der Waals surface area contributed by atoms with E-state index in [4.69, 9.17) is 0 Å². The first-order valence-electron chi connectivity index (χ1n) is 5.70. The quantitative estimate of drug-likeness (QED) is 0.810. The topological polar surface area (TPSA) is 69.3 Å². The van der Waals surface area contributed by atoms with E-state index in [9.17, 15) is 4.79 Å². The number of nitrogens with zero attached hydrogens (tertiary/aromatic N) is 4. The second kappa shape index (κ2) is 4.81. The summed E-state index contributed by atoms with van der Waals surface area (Å²) in [5, 5.41) is 3.74. The highest BCUT2D eigenvalue weighted by molar-refractivity contribution is 6.37. The van der Waals surface area contributed by atoms with Crippen molar-refractivity contribution in [1.82, 2.24) is 15.4 Å². The predicted molar refractivity (Wildman–Crippen MR) is 70.9 cm³/mol. The molecule has 2 aromatic heterocycles. The van der Waals surface area contributed by atoms with Crippen molar-refractivity contribution >= 4 is 23.3 Å². The molecule has 5 nitrogen and oxygen atoms in total. The minimum absolute atomic E-state index is 0.366. The van der Waals surface area contributed by atoms with Crippen LogP contribution < -0.4 is 5.43 Å². The minimum Gasteiger partial charge on any atom is -0.265 e. The third-order valence-electron chi connectivity index (χ3n) is 2.74. The third-order valence-corrected chi connectivity index (χ3v) is 2.74. The average molecular weight is 249 g/mol. The number of aromatic nitrogens is 2. The van der Waals surface area contributed by atoms with Crippen molar-refractivity contribution in [3.05, 3.63) is 60.2 Å². The molecule has 1 aliphatic heterocycles. The SMILES string of the molecule is O=C1[N]N=CC(c2cccnc2)=C1c1cccnc1. The molecule has 0 fully saturated rings. The van der Waals surface area contributed by atoms with Gasteiger partial charge in [0.15, 0.2) is 0 Å². The van der Waals surface area contributed by atoms with Crippen LogP contribution in [0.1, 0.15) is 11.1 Å². The van der Waals surface area contributed by atoms with Crippen molar-refractivity contribution in [1.29, 1.82) is 0 Å². The Morgan fingerprint density at radius 1 is 0.895 bits per heavy atom. The monoisotopic (exact) mass is 249 g/mol. The number of hydrogen-bond acceptors (Lipinski definition) is 4. The molecule has 0 spiro atoms. The lowest BCUT2D eigenvalue weighted by Gasteiger charge is -2.13. The van der Waals surface area contributed by atoms with Crippen LogP contribution >= 0.6 is 0 Å². The highest BCUT2D eigenvalue weighted by atomic mass is 16.2. The van der Waals surface area contributed by atoms with Crippen LogP contribution in [0, 0.1) is 0 Å². The third kappa shape index (κ3) is 2.13. The molecule has 3 heterocycles. The van der Waals surface area contributed by atoms with E-state index < -0.39 is 0 Å². The fraction of sp³-hybridized carbons (Fsp3) is 0. The van der Waals surface area contributed by atoms with Crippen molar-refractivity contribution < 1.29 is 4.79 Å². The standard InChI is InChI=1S/C14H9N4O/c19-14-13(11-4-2-6-16-8-11)12(9-17-18-14)10-3-1-5-15-7-10/h1-9H. The minimum atomic E-state index is -0.366. The Kier molecular flexibility index (Phi) is 2.86. The molecular weight excluding hydrogens is 240 g/mol. The van der Waals surface area contributed by atoms with Crippen LogP contribution in [0.5, 0.6) is 0 Å². The molecular formula is C14H9N4O. The molecule has 91 valence electrons. The van der Waals surface area contributed by atoms with E-state index in [1.807, 2.05) is 18.2 Å². The highest BCUT2D eigenvalue weighted by Gasteiger charge is 2.22. The van der Waals surface area contributed by atoms with Crippen molar-refractivity contribution in [3.8, 4) is 0 Å². The summed E-state index contributed by atoms with van der Waals surface area (Å²) in [6.45, 7) is 0. The lowest BCUT2D eigenvalue weighted by atomic mass is 9.96. The summed E-state index contributed by atoms with van der Waals surface area (Å²) in [6.07, 6.45) is 8.24. The first kappa shape index (κ1) is 11.3. The summed E-state index contributed by atoms with van der Waals surface area (Å²) < 4.78 is 0. The lowest BCUT2D eigenvalue weighted by Crippen LogP contribution is -2.18. The van der Waals surface area contributed by atoms with Crippen LogP contribution in [0.2, 0.25) is 0 Å². The second-order valence-electron chi connectivity index (χ2n) is 3.92. The van der Waals surface area contributed by atoms with Gasteiger partial charge in [0, 0.05) is 41.5 Å². The van der Waals surface area contributed by atoms with Gasteiger partial charge in [-0.05, 0) is 12.1 Å². The molecule has 0 saturated carbocycles. The normalized spacial score (nSPS) is 14.4. The molecule has 1 radical (unpaired) electrons. The molecule has 0 unspecified atom stereocenters. The first-order chi connectivity index (χ1) is 9.36. The van der Waals surface area contributed by atoms with Gasteiger partial charge in [0.05, 0.1) is 11.8 Å². The molecule has 19 heavy (non-hydrogen) atoms. The maximum atomic E-state index is 12.0. The van der Waals surface area contributed by atoms with Gasteiger partial charge in [-0.3, -0.25) is 14.8 Å². The molecule has 5 heteroatoms. The van der Waals surface area contributed by atoms with E-state index in [1.54, 1.807) is 37.1 Å². The van der Waals surface area contributed by atoms with E-state index in [1.165, 1.54) is 0 Å². The van der Waals surface area contributed by atoms with Crippen LogP contribution in [0.25, 0.3) is 11.1 Å². The zero-order valence-corrected chi connectivity index (χ0v) is 9.89. The van der Waals surface area contributed by atoms with Gasteiger partial charge in [-0.1, -0.05) is 12.1 Å². The van der Waals surface area contributed by atoms with Gasteiger partial charge in [0.1, 0.15) is 0 Å². The van der Waals surface area contributed by atoms with Gasteiger partial charge in [0.25, 0.3) is 5.91 Å². The Hall–Kier alpha value is -2.82. The molecule has 0 bridgehead atoms. The second-order valence-corrected chi connectivity index (χ2v) is 3.92. The van der Waals surface area contributed by atoms with Crippen molar-refractivity contribution in [2.45, 2.75) is 0 Å². The average Bonchev–Trinajstić information content (AvgIpc) is 2.49. The Morgan fingerprint density at radius 3 is 2.21 bits per heavy atom. The van der Waals surface area contributed by atoms with Crippen molar-refractivity contribution in [2.75, 3.05) is 0 Å². The molecule has 0 atom stereocenters. The number of carbonyl (C=O) groups is 1. The molecule has 0 N–H and O–H groups in total. The first-order valence-corrected chi connectivity index (χ1v) is 5.70. The van der Waals surface area contributed by atoms with E-state index in [-0.39, 0.29) is 5.91 Å².